The molecule has 0 fully saturated rings. The molecule has 1 aromatic carbocycles. The normalized spacial score (nSPS) is 11.4. The van der Waals surface area contributed by atoms with E-state index in [9.17, 15) is 18.0 Å². The third-order valence-corrected chi connectivity index (χ3v) is 3.70. The SMILES string of the molecule is CCn1nc(C)c(CNC(=O)Nc2cccc(C(F)(F)F)c2)c1C. The van der Waals surface area contributed by atoms with Crippen molar-refractivity contribution in [3.05, 3.63) is 46.8 Å². The zero-order valence-electron chi connectivity index (χ0n) is 13.7. The zero-order chi connectivity index (χ0) is 17.9. The number of alkyl halides is 3. The topological polar surface area (TPSA) is 59.0 Å². The van der Waals surface area contributed by atoms with Gasteiger partial charge in [-0.25, -0.2) is 4.79 Å². The van der Waals surface area contributed by atoms with Gasteiger partial charge in [0.05, 0.1) is 11.3 Å². The van der Waals surface area contributed by atoms with Gasteiger partial charge in [0.25, 0.3) is 0 Å². The molecule has 2 aromatic rings. The Morgan fingerprint density at radius 3 is 2.58 bits per heavy atom. The molecule has 0 aliphatic carbocycles. The van der Waals surface area contributed by atoms with Crippen LogP contribution in [-0.2, 0) is 19.3 Å². The van der Waals surface area contributed by atoms with Crippen LogP contribution in [-0.4, -0.2) is 15.8 Å². The smallest absolute Gasteiger partial charge is 0.334 e. The number of benzene rings is 1. The monoisotopic (exact) mass is 340 g/mol. The molecule has 0 aliphatic rings. The third kappa shape index (κ3) is 4.06. The van der Waals surface area contributed by atoms with Crippen molar-refractivity contribution < 1.29 is 18.0 Å². The molecule has 0 atom stereocenters. The number of nitrogens with one attached hydrogen (secondary N) is 2. The summed E-state index contributed by atoms with van der Waals surface area (Å²) in [6, 6.07) is 3.93. The number of amides is 2. The van der Waals surface area contributed by atoms with Crippen molar-refractivity contribution in [3.63, 3.8) is 0 Å². The fourth-order valence-electron chi connectivity index (χ4n) is 2.41. The van der Waals surface area contributed by atoms with Gasteiger partial charge < -0.3 is 10.6 Å². The first-order valence-corrected chi connectivity index (χ1v) is 7.47. The highest BCUT2D eigenvalue weighted by atomic mass is 19.4. The molecule has 0 radical (unpaired) electrons. The van der Waals surface area contributed by atoms with Crippen LogP contribution in [0, 0.1) is 13.8 Å². The minimum Gasteiger partial charge on any atom is -0.334 e. The van der Waals surface area contributed by atoms with Gasteiger partial charge >= 0.3 is 12.2 Å². The first-order chi connectivity index (χ1) is 11.2. The highest BCUT2D eigenvalue weighted by molar-refractivity contribution is 5.89. The van der Waals surface area contributed by atoms with Crippen LogP contribution in [0.15, 0.2) is 24.3 Å². The summed E-state index contributed by atoms with van der Waals surface area (Å²) < 4.78 is 39.8. The summed E-state index contributed by atoms with van der Waals surface area (Å²) in [5.41, 5.74) is 1.94. The number of carbonyl (C=O) groups excluding carboxylic acids is 1. The molecule has 0 saturated heterocycles. The highest BCUT2D eigenvalue weighted by Gasteiger charge is 2.30. The average Bonchev–Trinajstić information content (AvgIpc) is 2.78. The first-order valence-electron chi connectivity index (χ1n) is 7.47. The van der Waals surface area contributed by atoms with Crippen molar-refractivity contribution in [2.75, 3.05) is 5.32 Å². The quantitative estimate of drug-likeness (QED) is 0.888. The van der Waals surface area contributed by atoms with E-state index in [2.05, 4.69) is 15.7 Å². The molecule has 1 heterocycles. The largest absolute Gasteiger partial charge is 0.416 e. The predicted octanol–water partition coefficient (Wildman–Crippen LogP) is 3.86. The Bertz CT molecular complexity index is 737. The van der Waals surface area contributed by atoms with Crippen LogP contribution in [0.2, 0.25) is 0 Å². The summed E-state index contributed by atoms with van der Waals surface area (Å²) in [7, 11) is 0. The van der Waals surface area contributed by atoms with E-state index < -0.39 is 17.8 Å². The van der Waals surface area contributed by atoms with Crippen molar-refractivity contribution in [1.29, 1.82) is 0 Å². The van der Waals surface area contributed by atoms with Gasteiger partial charge in [0, 0.05) is 30.0 Å². The molecule has 0 unspecified atom stereocenters. The molecule has 1 aromatic heterocycles. The second-order valence-electron chi connectivity index (χ2n) is 5.35. The lowest BCUT2D eigenvalue weighted by Gasteiger charge is -2.11. The molecular weight excluding hydrogens is 321 g/mol. The van der Waals surface area contributed by atoms with Crippen molar-refractivity contribution >= 4 is 11.7 Å². The number of aryl methyl sites for hydroxylation is 2. The van der Waals surface area contributed by atoms with Crippen LogP contribution in [0.25, 0.3) is 0 Å². The van der Waals surface area contributed by atoms with Crippen LogP contribution < -0.4 is 10.6 Å². The number of anilines is 1. The lowest BCUT2D eigenvalue weighted by Crippen LogP contribution is -2.28. The summed E-state index contributed by atoms with van der Waals surface area (Å²) in [5, 5.41) is 9.40. The molecule has 8 heteroatoms. The summed E-state index contributed by atoms with van der Waals surface area (Å²) in [6.45, 7) is 6.70. The Morgan fingerprint density at radius 1 is 1.29 bits per heavy atom. The molecule has 0 aliphatic heterocycles. The molecule has 130 valence electrons. The van der Waals surface area contributed by atoms with Crippen LogP contribution in [0.5, 0.6) is 0 Å². The van der Waals surface area contributed by atoms with Gasteiger partial charge in [0.2, 0.25) is 0 Å². The van der Waals surface area contributed by atoms with E-state index in [1.54, 1.807) is 0 Å². The number of urea groups is 1. The minimum absolute atomic E-state index is 0.0834. The first kappa shape index (κ1) is 17.8. The molecular formula is C16H19F3N4O. The second-order valence-corrected chi connectivity index (χ2v) is 5.35. The molecule has 24 heavy (non-hydrogen) atoms. The maximum atomic E-state index is 12.7. The van der Waals surface area contributed by atoms with Crippen LogP contribution in [0.1, 0.15) is 29.4 Å². The van der Waals surface area contributed by atoms with Gasteiger partial charge in [-0.05, 0) is 39.0 Å². The Balaban J connectivity index is 2.01. The maximum Gasteiger partial charge on any atom is 0.416 e. The van der Waals surface area contributed by atoms with Gasteiger partial charge in [-0.15, -0.1) is 0 Å². The van der Waals surface area contributed by atoms with Gasteiger partial charge in [0.1, 0.15) is 0 Å². The van der Waals surface area contributed by atoms with Crippen molar-refractivity contribution in [1.82, 2.24) is 15.1 Å². The number of aromatic nitrogens is 2. The van der Waals surface area contributed by atoms with E-state index in [0.29, 0.717) is 0 Å². The van der Waals surface area contributed by atoms with Crippen molar-refractivity contribution in [2.45, 2.75) is 40.0 Å². The number of halogens is 3. The Morgan fingerprint density at radius 2 is 2.00 bits per heavy atom. The van der Waals surface area contributed by atoms with E-state index in [1.807, 2.05) is 25.5 Å². The number of rotatable bonds is 4. The lowest BCUT2D eigenvalue weighted by atomic mass is 10.2. The Kier molecular flexibility index (Phi) is 5.16. The minimum atomic E-state index is -4.45. The molecule has 5 nitrogen and oxygen atoms in total. The lowest BCUT2D eigenvalue weighted by molar-refractivity contribution is -0.137. The van der Waals surface area contributed by atoms with Crippen LogP contribution in [0.3, 0.4) is 0 Å². The molecule has 2 N–H and O–H groups in total. The van der Waals surface area contributed by atoms with E-state index in [4.69, 9.17) is 0 Å². The molecule has 2 amide bonds. The van der Waals surface area contributed by atoms with Gasteiger partial charge in [-0.3, -0.25) is 4.68 Å². The number of carbonyl (C=O) groups is 1. The molecule has 0 spiro atoms. The van der Waals surface area contributed by atoms with E-state index >= 15 is 0 Å². The summed E-state index contributed by atoms with van der Waals surface area (Å²) >= 11 is 0. The fraction of sp³-hybridized carbons (Fsp3) is 0.375. The molecule has 0 bridgehead atoms. The van der Waals surface area contributed by atoms with Gasteiger partial charge in [-0.2, -0.15) is 18.3 Å². The average molecular weight is 340 g/mol. The van der Waals surface area contributed by atoms with Crippen LogP contribution >= 0.6 is 0 Å². The standard InChI is InChI=1S/C16H19F3N4O/c1-4-23-11(3)14(10(2)22-23)9-20-15(24)21-13-7-5-6-12(8-13)16(17,18)19/h5-8H,4,9H2,1-3H3,(H2,20,21,24). The highest BCUT2D eigenvalue weighted by Crippen LogP contribution is 2.30. The molecule has 0 saturated carbocycles. The van der Waals surface area contributed by atoms with Crippen molar-refractivity contribution in [3.8, 4) is 0 Å². The molecule has 2 rings (SSSR count). The Hall–Kier alpha value is -2.51. The van der Waals surface area contributed by atoms with E-state index in [-0.39, 0.29) is 12.2 Å². The summed E-state index contributed by atoms with van der Waals surface area (Å²) in [6.07, 6.45) is -4.45. The maximum absolute atomic E-state index is 12.7. The summed E-state index contributed by atoms with van der Waals surface area (Å²) in [5.74, 6) is 0. The van der Waals surface area contributed by atoms with Crippen LogP contribution in [0.4, 0.5) is 23.7 Å². The predicted molar refractivity (Wildman–Crippen MR) is 84.7 cm³/mol. The zero-order valence-corrected chi connectivity index (χ0v) is 13.7. The van der Waals surface area contributed by atoms with Gasteiger partial charge in [-0.1, -0.05) is 6.07 Å². The van der Waals surface area contributed by atoms with E-state index in [1.165, 1.54) is 12.1 Å². The fourth-order valence-corrected chi connectivity index (χ4v) is 2.41. The number of hydrogen-bond acceptors (Lipinski definition) is 2. The van der Waals surface area contributed by atoms with Gasteiger partial charge in [0.15, 0.2) is 0 Å². The second kappa shape index (κ2) is 6.94. The van der Waals surface area contributed by atoms with Crippen molar-refractivity contribution in [2.24, 2.45) is 0 Å². The third-order valence-electron chi connectivity index (χ3n) is 3.70. The number of nitrogens with zero attached hydrogens (tertiary/aromatic N) is 2. The Labute approximate surface area is 137 Å². The van der Waals surface area contributed by atoms with E-state index in [0.717, 1.165) is 35.6 Å². The number of hydrogen-bond donors (Lipinski definition) is 2. The summed E-state index contributed by atoms with van der Waals surface area (Å²) in [4.78, 5) is 11.9.